The van der Waals surface area contributed by atoms with Crippen LogP contribution in [0.2, 0.25) is 0 Å². The number of hydrogen-bond acceptors (Lipinski definition) is 3. The zero-order valence-corrected chi connectivity index (χ0v) is 17.5. The van der Waals surface area contributed by atoms with Gasteiger partial charge in [0.05, 0.1) is 11.4 Å². The SMILES string of the molecule is O=C1N(c2ccc(Br)cc2)CC(O)(c2cccs2)N1c1ccc(Br)cc1. The van der Waals surface area contributed by atoms with Crippen molar-refractivity contribution in [2.75, 3.05) is 16.3 Å². The Morgan fingerprint density at radius 3 is 2.04 bits per heavy atom. The molecular formula is C19H14Br2N2O2S. The predicted octanol–water partition coefficient (Wildman–Crippen LogP) is 5.57. The molecule has 1 aliphatic rings. The molecule has 2 aromatic carbocycles. The van der Waals surface area contributed by atoms with Crippen molar-refractivity contribution in [1.29, 1.82) is 0 Å². The largest absolute Gasteiger partial charge is 0.364 e. The Labute approximate surface area is 171 Å². The summed E-state index contributed by atoms with van der Waals surface area (Å²) in [5, 5.41) is 13.4. The van der Waals surface area contributed by atoms with E-state index >= 15 is 0 Å². The van der Waals surface area contributed by atoms with Gasteiger partial charge in [0.1, 0.15) is 0 Å². The van der Waals surface area contributed by atoms with Crippen LogP contribution in [0.3, 0.4) is 0 Å². The number of thiophene rings is 1. The van der Waals surface area contributed by atoms with E-state index in [4.69, 9.17) is 0 Å². The van der Waals surface area contributed by atoms with Crippen molar-refractivity contribution in [3.63, 3.8) is 0 Å². The fourth-order valence-corrected chi connectivity index (χ4v) is 4.40. The Morgan fingerprint density at radius 2 is 1.50 bits per heavy atom. The highest BCUT2D eigenvalue weighted by molar-refractivity contribution is 9.10. The van der Waals surface area contributed by atoms with Gasteiger partial charge in [-0.25, -0.2) is 4.79 Å². The molecule has 1 aliphatic heterocycles. The van der Waals surface area contributed by atoms with Gasteiger partial charge in [-0.2, -0.15) is 0 Å². The third kappa shape index (κ3) is 2.99. The van der Waals surface area contributed by atoms with Crippen LogP contribution in [0.5, 0.6) is 0 Å². The maximum atomic E-state index is 13.3. The molecular weight excluding hydrogens is 480 g/mol. The first kappa shape index (κ1) is 17.7. The number of urea groups is 1. The number of carbonyl (C=O) groups is 1. The van der Waals surface area contributed by atoms with E-state index < -0.39 is 5.72 Å². The fraction of sp³-hybridized carbons (Fsp3) is 0.105. The first-order valence-corrected chi connectivity index (χ1v) is 10.3. The summed E-state index contributed by atoms with van der Waals surface area (Å²) in [4.78, 5) is 17.1. The van der Waals surface area contributed by atoms with E-state index in [-0.39, 0.29) is 12.6 Å². The number of β-amino-alcohol motifs (C(OH)–C–C–N with tert-alkyl or cyclic N) is 1. The van der Waals surface area contributed by atoms with Crippen LogP contribution in [-0.4, -0.2) is 17.7 Å². The number of amides is 2. The predicted molar refractivity (Wildman–Crippen MR) is 112 cm³/mol. The van der Waals surface area contributed by atoms with Crippen LogP contribution in [0.25, 0.3) is 0 Å². The molecule has 1 aromatic heterocycles. The van der Waals surface area contributed by atoms with Crippen LogP contribution in [0.15, 0.2) is 75.0 Å². The summed E-state index contributed by atoms with van der Waals surface area (Å²) in [6.45, 7) is 0.157. The topological polar surface area (TPSA) is 43.8 Å². The van der Waals surface area contributed by atoms with E-state index in [1.807, 2.05) is 66.0 Å². The summed E-state index contributed by atoms with van der Waals surface area (Å²) < 4.78 is 1.85. The van der Waals surface area contributed by atoms with Gasteiger partial charge in [0, 0.05) is 20.3 Å². The van der Waals surface area contributed by atoms with Gasteiger partial charge >= 0.3 is 6.03 Å². The van der Waals surface area contributed by atoms with Crippen LogP contribution < -0.4 is 9.80 Å². The number of aliphatic hydroxyl groups is 1. The molecule has 1 saturated heterocycles. The van der Waals surface area contributed by atoms with E-state index in [0.717, 1.165) is 19.5 Å². The summed E-state index contributed by atoms with van der Waals surface area (Å²) in [6, 6.07) is 18.3. The Bertz CT molecular complexity index is 929. The molecule has 26 heavy (non-hydrogen) atoms. The number of hydrogen-bond donors (Lipinski definition) is 1. The molecule has 1 fully saturated rings. The molecule has 4 rings (SSSR count). The molecule has 2 amide bonds. The van der Waals surface area contributed by atoms with Gasteiger partial charge in [-0.3, -0.25) is 9.80 Å². The molecule has 0 spiro atoms. The molecule has 1 unspecified atom stereocenters. The van der Waals surface area contributed by atoms with Crippen LogP contribution >= 0.6 is 43.2 Å². The highest BCUT2D eigenvalue weighted by Crippen LogP contribution is 2.41. The van der Waals surface area contributed by atoms with Crippen molar-refractivity contribution in [3.8, 4) is 0 Å². The molecule has 1 atom stereocenters. The van der Waals surface area contributed by atoms with Gasteiger partial charge in [0.25, 0.3) is 0 Å². The second kappa shape index (κ2) is 6.81. The third-order valence-corrected chi connectivity index (χ3v) is 6.38. The van der Waals surface area contributed by atoms with E-state index in [2.05, 4.69) is 31.9 Å². The average molecular weight is 494 g/mol. The molecule has 0 aliphatic carbocycles. The van der Waals surface area contributed by atoms with Gasteiger partial charge in [0.2, 0.25) is 0 Å². The molecule has 2 heterocycles. The Balaban J connectivity index is 1.81. The fourth-order valence-electron chi connectivity index (χ4n) is 3.07. The molecule has 0 bridgehead atoms. The monoisotopic (exact) mass is 492 g/mol. The summed E-state index contributed by atoms with van der Waals surface area (Å²) >= 11 is 8.26. The smallest absolute Gasteiger partial charge is 0.331 e. The lowest BCUT2D eigenvalue weighted by atomic mass is 10.1. The summed E-state index contributed by atoms with van der Waals surface area (Å²) in [5.74, 6) is 0. The molecule has 1 N–H and O–H groups in total. The van der Waals surface area contributed by atoms with Gasteiger partial charge in [-0.1, -0.05) is 37.9 Å². The summed E-state index contributed by atoms with van der Waals surface area (Å²) in [7, 11) is 0. The maximum absolute atomic E-state index is 13.3. The zero-order chi connectivity index (χ0) is 18.3. The first-order chi connectivity index (χ1) is 12.5. The number of rotatable bonds is 3. The van der Waals surface area contributed by atoms with Gasteiger partial charge in [-0.15, -0.1) is 11.3 Å². The van der Waals surface area contributed by atoms with E-state index in [0.29, 0.717) is 5.69 Å². The van der Waals surface area contributed by atoms with Gasteiger partial charge in [-0.05, 0) is 60.0 Å². The molecule has 132 valence electrons. The normalized spacial score (nSPS) is 20.0. The van der Waals surface area contributed by atoms with Crippen LogP contribution in [0.1, 0.15) is 4.88 Å². The van der Waals surface area contributed by atoms with Crippen molar-refractivity contribution < 1.29 is 9.90 Å². The first-order valence-electron chi connectivity index (χ1n) is 7.88. The second-order valence-electron chi connectivity index (χ2n) is 5.95. The quantitative estimate of drug-likeness (QED) is 0.518. The number of nitrogens with zero attached hydrogens (tertiary/aromatic N) is 2. The van der Waals surface area contributed by atoms with Gasteiger partial charge in [0.15, 0.2) is 5.72 Å². The van der Waals surface area contributed by atoms with Crippen molar-refractivity contribution in [2.24, 2.45) is 0 Å². The minimum atomic E-state index is -1.42. The average Bonchev–Trinajstić information content (AvgIpc) is 3.25. The lowest BCUT2D eigenvalue weighted by Gasteiger charge is -2.30. The second-order valence-corrected chi connectivity index (χ2v) is 8.73. The van der Waals surface area contributed by atoms with Crippen LogP contribution in [0.4, 0.5) is 16.2 Å². The Kier molecular flexibility index (Phi) is 4.64. The van der Waals surface area contributed by atoms with Crippen molar-refractivity contribution in [3.05, 3.63) is 79.9 Å². The number of anilines is 2. The van der Waals surface area contributed by atoms with E-state index in [1.165, 1.54) is 16.2 Å². The highest BCUT2D eigenvalue weighted by Gasteiger charge is 2.51. The molecule has 4 nitrogen and oxygen atoms in total. The number of benzene rings is 2. The maximum Gasteiger partial charge on any atom is 0.331 e. The highest BCUT2D eigenvalue weighted by atomic mass is 79.9. The standard InChI is InChI=1S/C19H14Br2N2O2S/c20-13-3-7-15(8-4-13)22-12-19(25,17-2-1-11-26-17)23(18(22)24)16-9-5-14(21)6-10-16/h1-11,25H,12H2. The van der Waals surface area contributed by atoms with Crippen LogP contribution in [-0.2, 0) is 5.72 Å². The minimum Gasteiger partial charge on any atom is -0.364 e. The third-order valence-electron chi connectivity index (χ3n) is 4.31. The summed E-state index contributed by atoms with van der Waals surface area (Å²) in [5.41, 5.74) is -0.0342. The summed E-state index contributed by atoms with van der Waals surface area (Å²) in [6.07, 6.45) is 0. The Hall–Kier alpha value is -1.67. The Morgan fingerprint density at radius 1 is 0.923 bits per heavy atom. The van der Waals surface area contributed by atoms with Crippen molar-refractivity contribution in [2.45, 2.75) is 5.72 Å². The molecule has 3 aromatic rings. The van der Waals surface area contributed by atoms with Crippen LogP contribution in [0, 0.1) is 0 Å². The van der Waals surface area contributed by atoms with Crippen molar-refractivity contribution in [1.82, 2.24) is 0 Å². The lowest BCUT2D eigenvalue weighted by molar-refractivity contribution is 0.0694. The number of carbonyl (C=O) groups excluding carboxylic acids is 1. The number of halogens is 2. The zero-order valence-electron chi connectivity index (χ0n) is 13.5. The van der Waals surface area contributed by atoms with Crippen molar-refractivity contribution >= 4 is 60.6 Å². The lowest BCUT2D eigenvalue weighted by Crippen LogP contribution is -2.44. The minimum absolute atomic E-state index is 0.157. The molecule has 0 saturated carbocycles. The van der Waals surface area contributed by atoms with E-state index in [1.54, 1.807) is 4.90 Å². The van der Waals surface area contributed by atoms with E-state index in [9.17, 15) is 9.90 Å². The molecule has 7 heteroatoms. The molecule has 0 radical (unpaired) electrons. The van der Waals surface area contributed by atoms with Gasteiger partial charge < -0.3 is 5.11 Å².